The number of carbonyl (C=O) groups excluding carboxylic acids is 1. The molecule has 4 heteroatoms. The molecule has 0 atom stereocenters. The first kappa shape index (κ1) is 13.8. The van der Waals surface area contributed by atoms with Crippen molar-refractivity contribution in [3.05, 3.63) is 72.0 Å². The lowest BCUT2D eigenvalue weighted by Gasteiger charge is -2.11. The Balaban J connectivity index is 2.28. The fraction of sp³-hybridized carbons (Fsp3) is 0. The van der Waals surface area contributed by atoms with E-state index in [0.29, 0.717) is 23.2 Å². The molecule has 0 aliphatic heterocycles. The van der Waals surface area contributed by atoms with Crippen LogP contribution in [0, 0.1) is 0 Å². The number of carboxylic acid groups (broad SMARTS) is 1. The summed E-state index contributed by atoms with van der Waals surface area (Å²) in [6, 6.07) is 17.5. The van der Waals surface area contributed by atoms with Gasteiger partial charge in [-0.05, 0) is 23.8 Å². The Morgan fingerprint density at radius 2 is 1.73 bits per heavy atom. The molecule has 4 nitrogen and oxygen atoms in total. The van der Waals surface area contributed by atoms with Gasteiger partial charge in [0.25, 0.3) is 0 Å². The van der Waals surface area contributed by atoms with Crippen LogP contribution < -0.4 is 0 Å². The van der Waals surface area contributed by atoms with Crippen molar-refractivity contribution < 1.29 is 19.1 Å². The van der Waals surface area contributed by atoms with E-state index in [-0.39, 0.29) is 11.3 Å². The monoisotopic (exact) mass is 292 g/mol. The van der Waals surface area contributed by atoms with E-state index in [4.69, 9.17) is 4.42 Å². The van der Waals surface area contributed by atoms with Crippen LogP contribution in [0.3, 0.4) is 0 Å². The van der Waals surface area contributed by atoms with Gasteiger partial charge in [0.15, 0.2) is 12.0 Å². The number of aromatic carboxylic acids is 1. The van der Waals surface area contributed by atoms with Gasteiger partial charge in [-0.2, -0.15) is 0 Å². The molecule has 0 amide bonds. The minimum atomic E-state index is -1.01. The summed E-state index contributed by atoms with van der Waals surface area (Å²) in [5.74, 6) is -0.346. The fourth-order valence-corrected chi connectivity index (χ4v) is 2.41. The third-order valence-corrected chi connectivity index (χ3v) is 3.37. The Kier molecular flexibility index (Phi) is 3.58. The molecule has 0 spiro atoms. The maximum absolute atomic E-state index is 11.6. The molecule has 0 aliphatic rings. The molecule has 1 N–H and O–H groups in total. The second-order valence-corrected chi connectivity index (χ2v) is 4.72. The number of carboxylic acids is 1. The van der Waals surface area contributed by atoms with Crippen molar-refractivity contribution in [2.75, 3.05) is 0 Å². The van der Waals surface area contributed by atoms with Crippen LogP contribution in [-0.4, -0.2) is 17.4 Å². The molecule has 3 rings (SSSR count). The van der Waals surface area contributed by atoms with E-state index in [1.54, 1.807) is 30.3 Å². The van der Waals surface area contributed by atoms with Crippen LogP contribution in [0.4, 0.5) is 0 Å². The van der Waals surface area contributed by atoms with Crippen LogP contribution >= 0.6 is 0 Å². The minimum Gasteiger partial charge on any atom is -0.478 e. The molecule has 0 aliphatic carbocycles. The molecule has 1 heterocycles. The first-order chi connectivity index (χ1) is 10.7. The Bertz CT molecular complexity index is 831. The molecule has 0 bridgehead atoms. The highest BCUT2D eigenvalue weighted by molar-refractivity contribution is 6.00. The van der Waals surface area contributed by atoms with Gasteiger partial charge in [-0.1, -0.05) is 42.5 Å². The number of hydrogen-bond acceptors (Lipinski definition) is 3. The Morgan fingerprint density at radius 3 is 2.36 bits per heavy atom. The van der Waals surface area contributed by atoms with Gasteiger partial charge >= 0.3 is 5.97 Å². The van der Waals surface area contributed by atoms with Crippen molar-refractivity contribution >= 4 is 12.3 Å². The van der Waals surface area contributed by atoms with Crippen molar-refractivity contribution in [2.45, 2.75) is 0 Å². The van der Waals surface area contributed by atoms with Crippen molar-refractivity contribution in [1.82, 2.24) is 0 Å². The van der Waals surface area contributed by atoms with E-state index >= 15 is 0 Å². The second kappa shape index (κ2) is 5.69. The lowest BCUT2D eigenvalue weighted by atomic mass is 9.93. The Morgan fingerprint density at radius 1 is 0.955 bits per heavy atom. The normalized spacial score (nSPS) is 10.4. The molecular formula is C18H12O4. The van der Waals surface area contributed by atoms with Crippen molar-refractivity contribution in [3.8, 4) is 22.5 Å². The van der Waals surface area contributed by atoms with Gasteiger partial charge in [-0.15, -0.1) is 0 Å². The lowest BCUT2D eigenvalue weighted by molar-refractivity contribution is 0.0697. The zero-order valence-electron chi connectivity index (χ0n) is 11.5. The van der Waals surface area contributed by atoms with Crippen LogP contribution in [0.25, 0.3) is 22.5 Å². The van der Waals surface area contributed by atoms with Gasteiger partial charge in [-0.25, -0.2) is 4.79 Å². The first-order valence-corrected chi connectivity index (χ1v) is 6.68. The van der Waals surface area contributed by atoms with E-state index in [0.717, 1.165) is 5.56 Å². The average Bonchev–Trinajstić information content (AvgIpc) is 3.04. The highest BCUT2D eigenvalue weighted by Gasteiger charge is 2.18. The van der Waals surface area contributed by atoms with E-state index in [9.17, 15) is 14.7 Å². The quantitative estimate of drug-likeness (QED) is 0.734. The van der Waals surface area contributed by atoms with Crippen LogP contribution in [-0.2, 0) is 0 Å². The van der Waals surface area contributed by atoms with Gasteiger partial charge in [0, 0.05) is 11.1 Å². The molecule has 0 fully saturated rings. The number of rotatable bonds is 4. The Labute approximate surface area is 126 Å². The zero-order valence-corrected chi connectivity index (χ0v) is 11.5. The smallest absolute Gasteiger partial charge is 0.336 e. The first-order valence-electron chi connectivity index (χ1n) is 6.68. The second-order valence-electron chi connectivity index (χ2n) is 4.72. The third kappa shape index (κ3) is 2.42. The predicted octanol–water partition coefficient (Wildman–Crippen LogP) is 4.12. The summed E-state index contributed by atoms with van der Waals surface area (Å²) in [5, 5.41) is 9.46. The largest absolute Gasteiger partial charge is 0.478 e. The summed E-state index contributed by atoms with van der Waals surface area (Å²) >= 11 is 0. The average molecular weight is 292 g/mol. The van der Waals surface area contributed by atoms with Crippen LogP contribution in [0.2, 0.25) is 0 Å². The molecule has 2 aromatic carbocycles. The van der Waals surface area contributed by atoms with E-state index in [1.807, 2.05) is 30.3 Å². The number of benzene rings is 2. The molecule has 0 saturated carbocycles. The SMILES string of the molecule is O=Cc1ccc(-c2cccc(C(=O)O)c2-c2ccccc2)o1. The van der Waals surface area contributed by atoms with E-state index < -0.39 is 5.97 Å². The summed E-state index contributed by atoms with van der Waals surface area (Å²) in [5.41, 5.74) is 2.17. The fourth-order valence-electron chi connectivity index (χ4n) is 2.41. The number of hydrogen-bond donors (Lipinski definition) is 1. The number of furan rings is 1. The van der Waals surface area contributed by atoms with Gasteiger partial charge < -0.3 is 9.52 Å². The van der Waals surface area contributed by atoms with Crippen molar-refractivity contribution in [1.29, 1.82) is 0 Å². The van der Waals surface area contributed by atoms with Gasteiger partial charge in [0.2, 0.25) is 0 Å². The summed E-state index contributed by atoms with van der Waals surface area (Å²) in [4.78, 5) is 22.3. The zero-order chi connectivity index (χ0) is 15.5. The summed E-state index contributed by atoms with van der Waals surface area (Å²) in [6.45, 7) is 0. The maximum atomic E-state index is 11.6. The molecular weight excluding hydrogens is 280 g/mol. The van der Waals surface area contributed by atoms with Crippen LogP contribution in [0.1, 0.15) is 20.9 Å². The molecule has 3 aromatic rings. The number of aldehydes is 1. The highest BCUT2D eigenvalue weighted by atomic mass is 16.4. The highest BCUT2D eigenvalue weighted by Crippen LogP contribution is 2.35. The molecule has 0 radical (unpaired) electrons. The van der Waals surface area contributed by atoms with Gasteiger partial charge in [0.1, 0.15) is 5.76 Å². The summed E-state index contributed by atoms with van der Waals surface area (Å²) < 4.78 is 5.45. The molecule has 108 valence electrons. The van der Waals surface area contributed by atoms with Gasteiger partial charge in [-0.3, -0.25) is 4.79 Å². The van der Waals surface area contributed by atoms with Crippen LogP contribution in [0.15, 0.2) is 65.1 Å². The predicted molar refractivity (Wildman–Crippen MR) is 81.9 cm³/mol. The number of carbonyl (C=O) groups is 2. The topological polar surface area (TPSA) is 67.5 Å². The summed E-state index contributed by atoms with van der Waals surface area (Å²) in [7, 11) is 0. The van der Waals surface area contributed by atoms with Crippen molar-refractivity contribution in [3.63, 3.8) is 0 Å². The molecule has 0 unspecified atom stereocenters. The third-order valence-electron chi connectivity index (χ3n) is 3.37. The summed E-state index contributed by atoms with van der Waals surface area (Å²) in [6.07, 6.45) is 0.618. The van der Waals surface area contributed by atoms with E-state index in [1.165, 1.54) is 0 Å². The lowest BCUT2D eigenvalue weighted by Crippen LogP contribution is -2.01. The maximum Gasteiger partial charge on any atom is 0.336 e. The standard InChI is InChI=1S/C18H12O4/c19-11-13-9-10-16(22-13)14-7-4-8-15(18(20)21)17(14)12-5-2-1-3-6-12/h1-11H,(H,20,21). The molecule has 1 aromatic heterocycles. The van der Waals surface area contributed by atoms with Crippen molar-refractivity contribution in [2.24, 2.45) is 0 Å². The minimum absolute atomic E-state index is 0.188. The van der Waals surface area contributed by atoms with Gasteiger partial charge in [0.05, 0.1) is 5.56 Å². The van der Waals surface area contributed by atoms with E-state index in [2.05, 4.69) is 0 Å². The molecule has 22 heavy (non-hydrogen) atoms. The molecule has 0 saturated heterocycles. The van der Waals surface area contributed by atoms with Crippen LogP contribution in [0.5, 0.6) is 0 Å². The Hall–Kier alpha value is -3.14.